The van der Waals surface area contributed by atoms with Crippen molar-refractivity contribution in [2.75, 3.05) is 13.2 Å². The van der Waals surface area contributed by atoms with Crippen LogP contribution in [0.3, 0.4) is 0 Å². The molecule has 1 aromatic carbocycles. The molecule has 1 aromatic rings. The van der Waals surface area contributed by atoms with E-state index in [1.807, 2.05) is 43.0 Å². The fourth-order valence-corrected chi connectivity index (χ4v) is 2.81. The Hall–Kier alpha value is -1.26. The molecule has 0 aliphatic carbocycles. The summed E-state index contributed by atoms with van der Waals surface area (Å²) in [7, 11) is 0. The smallest absolute Gasteiger partial charge is 0.254 e. The molecule has 0 radical (unpaired) electrons. The fraction of sp³-hybridized carbons (Fsp3) is 0.562. The lowest BCUT2D eigenvalue weighted by Crippen LogP contribution is -2.51. The summed E-state index contributed by atoms with van der Waals surface area (Å²) in [4.78, 5) is 14.6. The minimum atomic E-state index is 0. The fourth-order valence-electron chi connectivity index (χ4n) is 2.81. The van der Waals surface area contributed by atoms with Crippen LogP contribution >= 0.6 is 12.4 Å². The summed E-state index contributed by atoms with van der Waals surface area (Å²) in [6, 6.07) is 7.56. The van der Waals surface area contributed by atoms with Crippen molar-refractivity contribution in [3.05, 3.63) is 29.8 Å². The third-order valence-corrected chi connectivity index (χ3v) is 3.81. The van der Waals surface area contributed by atoms with E-state index in [2.05, 4.69) is 0 Å². The molecule has 0 saturated carbocycles. The highest BCUT2D eigenvalue weighted by atomic mass is 35.5. The van der Waals surface area contributed by atoms with Gasteiger partial charge in [0, 0.05) is 24.2 Å². The van der Waals surface area contributed by atoms with Crippen LogP contribution in [0.25, 0.3) is 0 Å². The van der Waals surface area contributed by atoms with Gasteiger partial charge in [-0.1, -0.05) is 6.07 Å². The van der Waals surface area contributed by atoms with Crippen LogP contribution in [0, 0.1) is 0 Å². The summed E-state index contributed by atoms with van der Waals surface area (Å²) < 4.78 is 5.46. The first kappa shape index (κ1) is 17.8. The molecule has 0 bridgehead atoms. The van der Waals surface area contributed by atoms with E-state index in [0.717, 1.165) is 31.6 Å². The highest BCUT2D eigenvalue weighted by molar-refractivity contribution is 5.95. The number of carbonyl (C=O) groups is 1. The summed E-state index contributed by atoms with van der Waals surface area (Å²) in [6.45, 7) is 5.31. The van der Waals surface area contributed by atoms with Crippen LogP contribution in [-0.4, -0.2) is 36.0 Å². The average molecular weight is 313 g/mol. The van der Waals surface area contributed by atoms with Crippen molar-refractivity contribution in [1.29, 1.82) is 0 Å². The van der Waals surface area contributed by atoms with Gasteiger partial charge in [-0.05, 0) is 51.3 Å². The summed E-state index contributed by atoms with van der Waals surface area (Å²) in [5, 5.41) is 0. The number of piperidine rings is 1. The van der Waals surface area contributed by atoms with Crippen LogP contribution in [0.1, 0.15) is 43.5 Å². The van der Waals surface area contributed by atoms with Gasteiger partial charge in [-0.25, -0.2) is 0 Å². The van der Waals surface area contributed by atoms with Gasteiger partial charge in [-0.15, -0.1) is 12.4 Å². The summed E-state index contributed by atoms with van der Waals surface area (Å²) in [6.07, 6.45) is 3.20. The van der Waals surface area contributed by atoms with E-state index in [0.29, 0.717) is 12.2 Å². The van der Waals surface area contributed by atoms with Gasteiger partial charge < -0.3 is 15.4 Å². The van der Waals surface area contributed by atoms with Crippen LogP contribution in [0.2, 0.25) is 0 Å². The number of carbonyl (C=O) groups excluding carboxylic acids is 1. The third-order valence-electron chi connectivity index (χ3n) is 3.81. The Kier molecular flexibility index (Phi) is 6.99. The molecule has 2 atom stereocenters. The number of amides is 1. The topological polar surface area (TPSA) is 55.6 Å². The zero-order valence-electron chi connectivity index (χ0n) is 12.7. The van der Waals surface area contributed by atoms with Crippen molar-refractivity contribution >= 4 is 18.3 Å². The monoisotopic (exact) mass is 312 g/mol. The zero-order valence-corrected chi connectivity index (χ0v) is 13.6. The standard InChI is InChI=1S/C16H24N2O2.ClH/c1-3-20-14-8-6-7-13(11-14)16(19)18-10-5-4-9-15(18)12(2)17;/h6-8,11-12,15H,3-5,9-10,17H2,1-2H3;1H. The quantitative estimate of drug-likeness (QED) is 0.930. The van der Waals surface area contributed by atoms with Crippen molar-refractivity contribution in [2.24, 2.45) is 5.73 Å². The highest BCUT2D eigenvalue weighted by Gasteiger charge is 2.29. The number of ether oxygens (including phenoxy) is 1. The molecule has 21 heavy (non-hydrogen) atoms. The van der Waals surface area contributed by atoms with Crippen molar-refractivity contribution in [3.63, 3.8) is 0 Å². The van der Waals surface area contributed by atoms with Gasteiger partial charge in [0.1, 0.15) is 5.75 Å². The molecule has 1 aliphatic heterocycles. The molecular formula is C16H25ClN2O2. The van der Waals surface area contributed by atoms with Crippen LogP contribution in [0.4, 0.5) is 0 Å². The Bertz CT molecular complexity index is 465. The molecule has 0 spiro atoms. The lowest BCUT2D eigenvalue weighted by Gasteiger charge is -2.38. The molecule has 1 saturated heterocycles. The van der Waals surface area contributed by atoms with Crippen molar-refractivity contribution in [3.8, 4) is 5.75 Å². The second kappa shape index (κ2) is 8.25. The van der Waals surface area contributed by atoms with Crippen LogP contribution < -0.4 is 10.5 Å². The van der Waals surface area contributed by atoms with E-state index in [-0.39, 0.29) is 30.4 Å². The van der Waals surface area contributed by atoms with Gasteiger partial charge >= 0.3 is 0 Å². The lowest BCUT2D eigenvalue weighted by molar-refractivity contribution is 0.0583. The number of nitrogens with zero attached hydrogens (tertiary/aromatic N) is 1. The largest absolute Gasteiger partial charge is 0.494 e. The maximum atomic E-state index is 12.7. The highest BCUT2D eigenvalue weighted by Crippen LogP contribution is 2.23. The summed E-state index contributed by atoms with van der Waals surface area (Å²) >= 11 is 0. The van der Waals surface area contributed by atoms with Crippen LogP contribution in [0.5, 0.6) is 5.75 Å². The molecule has 1 fully saturated rings. The number of likely N-dealkylation sites (tertiary alicyclic amines) is 1. The number of rotatable bonds is 4. The maximum Gasteiger partial charge on any atom is 0.254 e. The number of hydrogen-bond donors (Lipinski definition) is 1. The molecule has 2 N–H and O–H groups in total. The molecule has 5 heteroatoms. The van der Waals surface area contributed by atoms with Gasteiger partial charge in [-0.3, -0.25) is 4.79 Å². The molecule has 1 heterocycles. The summed E-state index contributed by atoms with van der Waals surface area (Å²) in [5.74, 6) is 0.807. The lowest BCUT2D eigenvalue weighted by atomic mass is 9.96. The molecular weight excluding hydrogens is 288 g/mol. The normalized spacial score (nSPS) is 19.6. The van der Waals surface area contributed by atoms with Gasteiger partial charge in [-0.2, -0.15) is 0 Å². The van der Waals surface area contributed by atoms with Gasteiger partial charge in [0.25, 0.3) is 5.91 Å². The van der Waals surface area contributed by atoms with E-state index in [1.165, 1.54) is 0 Å². The molecule has 1 amide bonds. The Balaban J connectivity index is 0.00000220. The number of halogens is 1. The van der Waals surface area contributed by atoms with Gasteiger partial charge in [0.05, 0.1) is 6.61 Å². The van der Waals surface area contributed by atoms with E-state index in [4.69, 9.17) is 10.5 Å². The van der Waals surface area contributed by atoms with Crippen molar-refractivity contribution in [1.82, 2.24) is 4.90 Å². The maximum absolute atomic E-state index is 12.7. The minimum Gasteiger partial charge on any atom is -0.494 e. The molecule has 2 rings (SSSR count). The van der Waals surface area contributed by atoms with Gasteiger partial charge in [0.2, 0.25) is 0 Å². The predicted molar refractivity (Wildman–Crippen MR) is 87.2 cm³/mol. The zero-order chi connectivity index (χ0) is 14.5. The van der Waals surface area contributed by atoms with Crippen molar-refractivity contribution < 1.29 is 9.53 Å². The number of nitrogens with two attached hydrogens (primary N) is 1. The molecule has 2 unspecified atom stereocenters. The average Bonchev–Trinajstić information content (AvgIpc) is 2.47. The SMILES string of the molecule is CCOc1cccc(C(=O)N2CCCCC2C(C)N)c1.Cl. The number of benzene rings is 1. The van der Waals surface area contributed by atoms with E-state index < -0.39 is 0 Å². The van der Waals surface area contributed by atoms with E-state index >= 15 is 0 Å². The van der Waals surface area contributed by atoms with Crippen LogP contribution in [0.15, 0.2) is 24.3 Å². The second-order valence-electron chi connectivity index (χ2n) is 5.38. The molecule has 0 aromatic heterocycles. The minimum absolute atomic E-state index is 0. The van der Waals surface area contributed by atoms with E-state index in [9.17, 15) is 4.79 Å². The summed E-state index contributed by atoms with van der Waals surface area (Å²) in [5.41, 5.74) is 6.72. The molecule has 118 valence electrons. The van der Waals surface area contributed by atoms with Crippen molar-refractivity contribution in [2.45, 2.75) is 45.2 Å². The van der Waals surface area contributed by atoms with Crippen LogP contribution in [-0.2, 0) is 0 Å². The van der Waals surface area contributed by atoms with E-state index in [1.54, 1.807) is 0 Å². The predicted octanol–water partition coefficient (Wildman–Crippen LogP) is 2.85. The first-order chi connectivity index (χ1) is 9.63. The molecule has 4 nitrogen and oxygen atoms in total. The van der Waals surface area contributed by atoms with Gasteiger partial charge in [0.15, 0.2) is 0 Å². The first-order valence-electron chi connectivity index (χ1n) is 7.43. The Morgan fingerprint density at radius 2 is 2.24 bits per heavy atom. The second-order valence-corrected chi connectivity index (χ2v) is 5.38. The Morgan fingerprint density at radius 1 is 1.48 bits per heavy atom. The Labute approximate surface area is 133 Å². The first-order valence-corrected chi connectivity index (χ1v) is 7.43. The molecule has 1 aliphatic rings. The Morgan fingerprint density at radius 3 is 2.90 bits per heavy atom. The third kappa shape index (κ3) is 4.35. The number of hydrogen-bond acceptors (Lipinski definition) is 3.